The summed E-state index contributed by atoms with van der Waals surface area (Å²) in [5, 5.41) is 13.0. The van der Waals surface area contributed by atoms with Gasteiger partial charge in [0.1, 0.15) is 17.9 Å². The fraction of sp³-hybridized carbons (Fsp3) is 0.333. The molecule has 0 aliphatic carbocycles. The lowest BCUT2D eigenvalue weighted by atomic mass is 10.1. The Morgan fingerprint density at radius 3 is 2.87 bits per heavy atom. The van der Waals surface area contributed by atoms with Gasteiger partial charge in [-0.2, -0.15) is 0 Å². The first-order valence-electron chi connectivity index (χ1n) is 4.30. The minimum Gasteiger partial charge on any atom is -0.386 e. The molecule has 0 spiro atoms. The quantitative estimate of drug-likeness (QED) is 0.457. The highest BCUT2D eigenvalue weighted by Gasteiger charge is 2.24. The first-order chi connectivity index (χ1) is 7.16. The summed E-state index contributed by atoms with van der Waals surface area (Å²) in [7, 11) is 0. The molecule has 6 heteroatoms. The zero-order chi connectivity index (χ0) is 11.3. The summed E-state index contributed by atoms with van der Waals surface area (Å²) in [6.45, 7) is 1.26. The Bertz CT molecular complexity index is 384. The molecule has 15 heavy (non-hydrogen) atoms. The van der Waals surface area contributed by atoms with Crippen molar-refractivity contribution in [1.82, 2.24) is 4.98 Å². The van der Waals surface area contributed by atoms with Crippen molar-refractivity contribution in [3.05, 3.63) is 40.5 Å². The van der Waals surface area contributed by atoms with Crippen LogP contribution in [-0.4, -0.2) is 21.9 Å². The highest BCUT2D eigenvalue weighted by atomic mass is 16.3. The fourth-order valence-electron chi connectivity index (χ4n) is 1.14. The number of ketones is 1. The van der Waals surface area contributed by atoms with Crippen molar-refractivity contribution in [2.75, 3.05) is 0 Å². The second-order valence-corrected chi connectivity index (χ2v) is 2.96. The van der Waals surface area contributed by atoms with E-state index in [0.29, 0.717) is 5.69 Å². The number of azide groups is 1. The molecule has 0 saturated carbocycles. The van der Waals surface area contributed by atoms with E-state index in [1.165, 1.54) is 13.1 Å². The van der Waals surface area contributed by atoms with E-state index in [4.69, 9.17) is 5.53 Å². The van der Waals surface area contributed by atoms with Gasteiger partial charge < -0.3 is 5.11 Å². The Morgan fingerprint density at radius 1 is 1.67 bits per heavy atom. The average molecular weight is 206 g/mol. The molecular weight excluding hydrogens is 196 g/mol. The van der Waals surface area contributed by atoms with Gasteiger partial charge in [0, 0.05) is 11.1 Å². The molecule has 1 aromatic heterocycles. The number of carbonyl (C=O) groups is 1. The van der Waals surface area contributed by atoms with E-state index in [2.05, 4.69) is 15.0 Å². The molecule has 1 rings (SSSR count). The Kier molecular flexibility index (Phi) is 3.79. The van der Waals surface area contributed by atoms with Crippen molar-refractivity contribution in [2.45, 2.75) is 19.1 Å². The number of aromatic nitrogens is 1. The van der Waals surface area contributed by atoms with Gasteiger partial charge in [-0.1, -0.05) is 11.2 Å². The lowest BCUT2D eigenvalue weighted by Gasteiger charge is -2.14. The number of rotatable bonds is 4. The van der Waals surface area contributed by atoms with E-state index in [1.54, 1.807) is 18.2 Å². The summed E-state index contributed by atoms with van der Waals surface area (Å²) < 4.78 is 0. The zero-order valence-electron chi connectivity index (χ0n) is 8.11. The summed E-state index contributed by atoms with van der Waals surface area (Å²) in [5.41, 5.74) is 8.57. The largest absolute Gasteiger partial charge is 0.386 e. The van der Waals surface area contributed by atoms with Gasteiger partial charge in [0.2, 0.25) is 0 Å². The number of hydrogen-bond donors (Lipinski definition) is 1. The Morgan fingerprint density at radius 2 is 2.40 bits per heavy atom. The van der Waals surface area contributed by atoms with Crippen molar-refractivity contribution in [1.29, 1.82) is 0 Å². The molecule has 0 unspecified atom stereocenters. The molecule has 0 aliphatic heterocycles. The Labute approximate surface area is 86.2 Å². The third-order valence-corrected chi connectivity index (χ3v) is 1.88. The van der Waals surface area contributed by atoms with Gasteiger partial charge >= 0.3 is 0 Å². The van der Waals surface area contributed by atoms with E-state index < -0.39 is 17.9 Å². The molecule has 0 aromatic carbocycles. The topological polar surface area (TPSA) is 99.0 Å². The van der Waals surface area contributed by atoms with Crippen LogP contribution >= 0.6 is 0 Å². The summed E-state index contributed by atoms with van der Waals surface area (Å²) in [4.78, 5) is 17.5. The van der Waals surface area contributed by atoms with Crippen molar-refractivity contribution in [3.8, 4) is 0 Å². The minimum absolute atomic E-state index is 0.310. The van der Waals surface area contributed by atoms with Gasteiger partial charge in [-0.15, -0.1) is 0 Å². The molecule has 0 saturated heterocycles. The fourth-order valence-corrected chi connectivity index (χ4v) is 1.14. The van der Waals surface area contributed by atoms with E-state index >= 15 is 0 Å². The number of nitrogens with zero attached hydrogens (tertiary/aromatic N) is 4. The molecule has 78 valence electrons. The van der Waals surface area contributed by atoms with Gasteiger partial charge in [-0.25, -0.2) is 0 Å². The number of Topliss-reactive ketones (excluding diaryl/α,β-unsaturated/α-hetero) is 1. The second kappa shape index (κ2) is 5.09. The zero-order valence-corrected chi connectivity index (χ0v) is 8.11. The molecule has 6 nitrogen and oxygen atoms in total. The first kappa shape index (κ1) is 11.2. The number of hydrogen-bond acceptors (Lipinski definition) is 4. The molecule has 1 N–H and O–H groups in total. The van der Waals surface area contributed by atoms with Crippen LogP contribution in [0.15, 0.2) is 29.5 Å². The maximum absolute atomic E-state index is 11.1. The number of pyridine rings is 1. The van der Waals surface area contributed by atoms with Crippen molar-refractivity contribution in [3.63, 3.8) is 0 Å². The summed E-state index contributed by atoms with van der Waals surface area (Å²) >= 11 is 0. The molecule has 0 amide bonds. The minimum atomic E-state index is -1.19. The third-order valence-electron chi connectivity index (χ3n) is 1.88. The maximum atomic E-state index is 11.1. The van der Waals surface area contributed by atoms with E-state index in [0.717, 1.165) is 0 Å². The molecule has 2 atom stereocenters. The summed E-state index contributed by atoms with van der Waals surface area (Å²) in [6, 6.07) is 3.81. The van der Waals surface area contributed by atoms with Gasteiger partial charge in [0.05, 0.1) is 5.69 Å². The second-order valence-electron chi connectivity index (χ2n) is 2.96. The van der Waals surface area contributed by atoms with Crippen LogP contribution in [0, 0.1) is 0 Å². The van der Waals surface area contributed by atoms with Crippen LogP contribution in [-0.2, 0) is 4.79 Å². The predicted molar refractivity (Wildman–Crippen MR) is 52.8 cm³/mol. The summed E-state index contributed by atoms with van der Waals surface area (Å²) in [5.74, 6) is -0.397. The maximum Gasteiger partial charge on any atom is 0.141 e. The summed E-state index contributed by atoms with van der Waals surface area (Å²) in [6.07, 6.45) is 0.297. The van der Waals surface area contributed by atoms with Crippen LogP contribution in [0.2, 0.25) is 0 Å². The van der Waals surface area contributed by atoms with Crippen molar-refractivity contribution >= 4 is 5.78 Å². The molecule has 0 radical (unpaired) electrons. The van der Waals surface area contributed by atoms with E-state index in [9.17, 15) is 9.90 Å². The molecule has 1 aromatic rings. The number of aliphatic hydroxyl groups excluding tert-OH is 1. The predicted octanol–water partition coefficient (Wildman–Crippen LogP) is 1.38. The van der Waals surface area contributed by atoms with Crippen LogP contribution in [0.4, 0.5) is 0 Å². The highest BCUT2D eigenvalue weighted by Crippen LogP contribution is 2.17. The molecule has 0 bridgehead atoms. The monoisotopic (exact) mass is 206 g/mol. The van der Waals surface area contributed by atoms with Gasteiger partial charge in [0.25, 0.3) is 0 Å². The molecule has 1 heterocycles. The molecule has 0 aliphatic rings. The highest BCUT2D eigenvalue weighted by molar-refractivity contribution is 5.82. The van der Waals surface area contributed by atoms with E-state index in [-0.39, 0.29) is 0 Å². The van der Waals surface area contributed by atoms with Crippen LogP contribution in [0.3, 0.4) is 0 Å². The average Bonchev–Trinajstić information content (AvgIpc) is 2.26. The van der Waals surface area contributed by atoms with Crippen LogP contribution < -0.4 is 0 Å². The normalized spacial score (nSPS) is 13.7. The van der Waals surface area contributed by atoms with Gasteiger partial charge in [-0.05, 0) is 24.6 Å². The Hall–Kier alpha value is -1.91. The SMILES string of the molecule is CC(=O)[C@@H](N=[N+]=[N-])[C@H](O)c1ccccn1. The third kappa shape index (κ3) is 2.77. The lowest BCUT2D eigenvalue weighted by molar-refractivity contribution is -0.120. The van der Waals surface area contributed by atoms with Crippen molar-refractivity contribution in [2.24, 2.45) is 5.11 Å². The van der Waals surface area contributed by atoms with Crippen molar-refractivity contribution < 1.29 is 9.90 Å². The Balaban J connectivity index is 2.95. The van der Waals surface area contributed by atoms with Crippen LogP contribution in [0.5, 0.6) is 0 Å². The molecule has 0 fully saturated rings. The molecular formula is C9H10N4O2. The standard InChI is InChI=1S/C9H10N4O2/c1-6(14)8(12-13-10)9(15)7-4-2-3-5-11-7/h2-5,8-9,15H,1H3/t8-,9-/m1/s1. The van der Waals surface area contributed by atoms with Crippen LogP contribution in [0.25, 0.3) is 10.4 Å². The number of carbonyl (C=O) groups excluding carboxylic acids is 1. The van der Waals surface area contributed by atoms with Crippen LogP contribution in [0.1, 0.15) is 18.7 Å². The lowest BCUT2D eigenvalue weighted by Crippen LogP contribution is -2.24. The van der Waals surface area contributed by atoms with E-state index in [1.807, 2.05) is 0 Å². The smallest absolute Gasteiger partial charge is 0.141 e. The van der Waals surface area contributed by atoms with Gasteiger partial charge in [-0.3, -0.25) is 9.78 Å². The number of aliphatic hydroxyl groups is 1. The first-order valence-corrected chi connectivity index (χ1v) is 4.30. The van der Waals surface area contributed by atoms with Gasteiger partial charge in [0.15, 0.2) is 0 Å².